The van der Waals surface area contributed by atoms with E-state index in [4.69, 9.17) is 10.8 Å². The first-order chi connectivity index (χ1) is 11.8. The van der Waals surface area contributed by atoms with Gasteiger partial charge in [0.05, 0.1) is 12.1 Å². The standard InChI is InChI=1S/C15H23N3O5S2/c1-2-8(11(16)13(22)14(23)17-6-10(19)20)12(21)9-5-15(7-18-9)3-4-24-25-15/h8-9,11,18H,2-7,16H2,1H3,(H,17,23)(H,19,20). The summed E-state index contributed by atoms with van der Waals surface area (Å²) in [4.78, 5) is 47.1. The van der Waals surface area contributed by atoms with Crippen LogP contribution >= 0.6 is 21.6 Å². The van der Waals surface area contributed by atoms with Crippen molar-refractivity contribution in [2.45, 2.75) is 43.0 Å². The molecule has 0 aromatic carbocycles. The van der Waals surface area contributed by atoms with Gasteiger partial charge in [-0.1, -0.05) is 28.5 Å². The first-order valence-corrected chi connectivity index (χ1v) is 10.5. The zero-order valence-corrected chi connectivity index (χ0v) is 15.6. The average Bonchev–Trinajstić information content (AvgIpc) is 3.22. The van der Waals surface area contributed by atoms with Gasteiger partial charge in [0.1, 0.15) is 6.54 Å². The predicted octanol–water partition coefficient (Wildman–Crippen LogP) is -0.435. The van der Waals surface area contributed by atoms with Crippen LogP contribution in [0.3, 0.4) is 0 Å². The fraction of sp³-hybridized carbons (Fsp3) is 0.733. The van der Waals surface area contributed by atoms with Crippen LogP contribution in [0.2, 0.25) is 0 Å². The van der Waals surface area contributed by atoms with Crippen molar-refractivity contribution in [3.63, 3.8) is 0 Å². The molecule has 2 aliphatic heterocycles. The topological polar surface area (TPSA) is 139 Å². The molecule has 2 fully saturated rings. The van der Waals surface area contributed by atoms with Gasteiger partial charge in [0, 0.05) is 23.0 Å². The minimum Gasteiger partial charge on any atom is -0.480 e. The molecule has 0 aromatic heterocycles. The highest BCUT2D eigenvalue weighted by Gasteiger charge is 2.47. The summed E-state index contributed by atoms with van der Waals surface area (Å²) < 4.78 is 0.0657. The number of Topliss-reactive ketones (excluding diaryl/α,β-unsaturated/α-hetero) is 2. The summed E-state index contributed by atoms with van der Waals surface area (Å²) >= 11 is 0. The molecule has 2 saturated heterocycles. The zero-order valence-electron chi connectivity index (χ0n) is 13.9. The third-order valence-corrected chi connectivity index (χ3v) is 7.90. The second-order valence-electron chi connectivity index (χ2n) is 6.36. The van der Waals surface area contributed by atoms with E-state index in [0.717, 1.165) is 18.7 Å². The summed E-state index contributed by atoms with van der Waals surface area (Å²) in [5, 5.41) is 13.8. The number of nitrogens with one attached hydrogen (secondary N) is 2. The van der Waals surface area contributed by atoms with Gasteiger partial charge in [-0.15, -0.1) is 0 Å². The van der Waals surface area contributed by atoms with E-state index in [1.54, 1.807) is 28.5 Å². The highest BCUT2D eigenvalue weighted by Crippen LogP contribution is 2.51. The summed E-state index contributed by atoms with van der Waals surface area (Å²) in [5.74, 6) is -3.14. The predicted molar refractivity (Wildman–Crippen MR) is 96.2 cm³/mol. The van der Waals surface area contributed by atoms with E-state index in [1.807, 2.05) is 5.32 Å². The van der Waals surface area contributed by atoms with Gasteiger partial charge in [-0.2, -0.15) is 0 Å². The fourth-order valence-electron chi connectivity index (χ4n) is 3.18. The first kappa shape index (κ1) is 20.2. The number of rotatable bonds is 8. The van der Waals surface area contributed by atoms with Crippen molar-refractivity contribution in [2.24, 2.45) is 11.7 Å². The third-order valence-electron chi connectivity index (χ3n) is 4.63. The van der Waals surface area contributed by atoms with Crippen molar-refractivity contribution in [2.75, 3.05) is 18.8 Å². The first-order valence-electron chi connectivity index (χ1n) is 8.17. The zero-order chi connectivity index (χ0) is 18.6. The van der Waals surface area contributed by atoms with E-state index in [0.29, 0.717) is 12.8 Å². The Labute approximate surface area is 153 Å². The lowest BCUT2D eigenvalue weighted by Gasteiger charge is -2.24. The molecule has 10 heteroatoms. The molecule has 0 radical (unpaired) electrons. The maximum Gasteiger partial charge on any atom is 0.322 e. The number of carbonyl (C=O) groups excluding carboxylic acids is 3. The van der Waals surface area contributed by atoms with Crippen molar-refractivity contribution < 1.29 is 24.3 Å². The minimum atomic E-state index is -1.27. The minimum absolute atomic E-state index is 0.0657. The van der Waals surface area contributed by atoms with Crippen LogP contribution in [0.4, 0.5) is 0 Å². The van der Waals surface area contributed by atoms with Crippen LogP contribution in [0, 0.1) is 5.92 Å². The maximum absolute atomic E-state index is 12.8. The molecule has 140 valence electrons. The molecule has 0 aliphatic carbocycles. The Morgan fingerprint density at radius 3 is 2.68 bits per heavy atom. The van der Waals surface area contributed by atoms with Crippen LogP contribution in [0.5, 0.6) is 0 Å². The second-order valence-corrected chi connectivity index (χ2v) is 9.24. The van der Waals surface area contributed by atoms with Gasteiger partial charge in [0.15, 0.2) is 5.78 Å². The average molecular weight is 389 g/mol. The largest absolute Gasteiger partial charge is 0.480 e. The lowest BCUT2D eigenvalue weighted by atomic mass is 9.85. The van der Waals surface area contributed by atoms with Crippen molar-refractivity contribution in [3.8, 4) is 0 Å². The van der Waals surface area contributed by atoms with Gasteiger partial charge < -0.3 is 21.5 Å². The molecule has 25 heavy (non-hydrogen) atoms. The van der Waals surface area contributed by atoms with Gasteiger partial charge in [-0.25, -0.2) is 0 Å². The molecule has 0 aromatic rings. The number of amides is 1. The number of ketones is 2. The molecule has 0 saturated carbocycles. The third kappa shape index (κ3) is 4.75. The van der Waals surface area contributed by atoms with E-state index < -0.39 is 36.2 Å². The molecule has 2 rings (SSSR count). The maximum atomic E-state index is 12.8. The highest BCUT2D eigenvalue weighted by molar-refractivity contribution is 8.77. The molecule has 8 nitrogen and oxygen atoms in total. The molecule has 1 spiro atoms. The van der Waals surface area contributed by atoms with Crippen molar-refractivity contribution in [1.82, 2.24) is 10.6 Å². The van der Waals surface area contributed by atoms with E-state index >= 15 is 0 Å². The van der Waals surface area contributed by atoms with Crippen molar-refractivity contribution in [3.05, 3.63) is 0 Å². The van der Waals surface area contributed by atoms with E-state index in [2.05, 4.69) is 5.32 Å². The molecule has 5 N–H and O–H groups in total. The number of carboxylic acid groups (broad SMARTS) is 1. The summed E-state index contributed by atoms with van der Waals surface area (Å²) in [5.41, 5.74) is 5.88. The summed E-state index contributed by atoms with van der Waals surface area (Å²) in [6.45, 7) is 1.83. The highest BCUT2D eigenvalue weighted by atomic mass is 33.1. The van der Waals surface area contributed by atoms with Crippen LogP contribution in [0.15, 0.2) is 0 Å². The molecular formula is C15H23N3O5S2. The lowest BCUT2D eigenvalue weighted by molar-refractivity contribution is -0.143. The van der Waals surface area contributed by atoms with Crippen LogP contribution in [-0.2, 0) is 19.2 Å². The molecule has 2 aliphatic rings. The molecule has 4 atom stereocenters. The summed E-state index contributed by atoms with van der Waals surface area (Å²) in [6.07, 6.45) is 2.08. The monoisotopic (exact) mass is 389 g/mol. The fourth-order valence-corrected chi connectivity index (χ4v) is 6.56. The number of aliphatic carboxylic acids is 1. The van der Waals surface area contributed by atoms with Gasteiger partial charge in [-0.3, -0.25) is 19.2 Å². The SMILES string of the molecule is CCC(C(=O)C1CC2(CCSS2)CN1)C(N)C(=O)C(=O)NCC(=O)O. The number of hydrogen-bond acceptors (Lipinski definition) is 8. The van der Waals surface area contributed by atoms with Gasteiger partial charge in [-0.05, 0) is 19.3 Å². The Balaban J connectivity index is 1.97. The molecule has 4 unspecified atom stereocenters. The molecule has 1 amide bonds. The molecule has 2 heterocycles. The Kier molecular flexibility index (Phi) is 6.89. The van der Waals surface area contributed by atoms with Crippen LogP contribution in [0.1, 0.15) is 26.2 Å². The van der Waals surface area contributed by atoms with Crippen LogP contribution in [-0.4, -0.2) is 64.2 Å². The Bertz CT molecular complexity index is 565. The van der Waals surface area contributed by atoms with Gasteiger partial charge in [0.2, 0.25) is 5.78 Å². The number of nitrogens with two attached hydrogens (primary N) is 1. The van der Waals surface area contributed by atoms with Crippen LogP contribution < -0.4 is 16.4 Å². The van der Waals surface area contributed by atoms with E-state index in [1.165, 1.54) is 0 Å². The Morgan fingerprint density at radius 2 is 2.12 bits per heavy atom. The number of carboxylic acids is 1. The second kappa shape index (κ2) is 8.52. The quantitative estimate of drug-likeness (QED) is 0.321. The van der Waals surface area contributed by atoms with Crippen molar-refractivity contribution >= 4 is 45.0 Å². The number of hydrogen-bond donors (Lipinski definition) is 4. The van der Waals surface area contributed by atoms with E-state index in [-0.39, 0.29) is 16.6 Å². The number of carbonyl (C=O) groups is 4. The lowest BCUT2D eigenvalue weighted by Crippen LogP contribution is -2.52. The van der Waals surface area contributed by atoms with E-state index in [9.17, 15) is 19.2 Å². The summed E-state index contributed by atoms with van der Waals surface area (Å²) in [6, 6.07) is -1.63. The van der Waals surface area contributed by atoms with Gasteiger partial charge in [0.25, 0.3) is 5.91 Å². The van der Waals surface area contributed by atoms with Crippen molar-refractivity contribution in [1.29, 1.82) is 0 Å². The normalized spacial score (nSPS) is 27.8. The van der Waals surface area contributed by atoms with Crippen LogP contribution in [0.25, 0.3) is 0 Å². The molecular weight excluding hydrogens is 366 g/mol. The Hall–Kier alpha value is -1.10. The van der Waals surface area contributed by atoms with Gasteiger partial charge >= 0.3 is 5.97 Å². The Morgan fingerprint density at radius 1 is 1.40 bits per heavy atom. The molecule has 0 bridgehead atoms. The summed E-state index contributed by atoms with van der Waals surface area (Å²) in [7, 11) is 3.61. The smallest absolute Gasteiger partial charge is 0.322 e.